The number of aromatic nitrogens is 2. The summed E-state index contributed by atoms with van der Waals surface area (Å²) in [5.74, 6) is 0.778. The van der Waals surface area contributed by atoms with Crippen molar-refractivity contribution in [2.75, 3.05) is 7.11 Å². The van der Waals surface area contributed by atoms with Crippen molar-refractivity contribution in [1.29, 1.82) is 5.26 Å². The molecule has 5 heteroatoms. The van der Waals surface area contributed by atoms with E-state index in [4.69, 9.17) is 10.00 Å². The molecule has 0 bridgehead atoms. The Bertz CT molecular complexity index is 498. The van der Waals surface area contributed by atoms with E-state index in [0.29, 0.717) is 11.4 Å². The largest absolute Gasteiger partial charge is 0.497 e. The predicted octanol–water partition coefficient (Wildman–Crippen LogP) is 2.09. The number of benzene rings is 1. The Kier molecular flexibility index (Phi) is 2.61. The molecule has 0 unspecified atom stereocenters. The highest BCUT2D eigenvalue weighted by atomic mass is 32.1. The minimum absolute atomic E-state index is 0.366. The number of nitrogens with zero attached hydrogens (tertiary/aromatic N) is 3. The fourth-order valence-electron chi connectivity index (χ4n) is 1.20. The van der Waals surface area contributed by atoms with E-state index in [1.54, 1.807) is 7.11 Å². The van der Waals surface area contributed by atoms with Gasteiger partial charge in [-0.2, -0.15) is 14.0 Å². The predicted molar refractivity (Wildman–Crippen MR) is 56.6 cm³/mol. The van der Waals surface area contributed by atoms with E-state index in [1.165, 1.54) is 0 Å². The molecule has 0 fully saturated rings. The zero-order valence-electron chi connectivity index (χ0n) is 7.97. The van der Waals surface area contributed by atoms with Crippen molar-refractivity contribution < 1.29 is 4.74 Å². The van der Waals surface area contributed by atoms with Gasteiger partial charge in [-0.25, -0.2) is 0 Å². The van der Waals surface area contributed by atoms with Crippen LogP contribution in [-0.4, -0.2) is 15.9 Å². The summed E-state index contributed by atoms with van der Waals surface area (Å²) in [6, 6.07) is 9.38. The van der Waals surface area contributed by atoms with Crippen molar-refractivity contribution in [3.63, 3.8) is 0 Å². The third kappa shape index (κ3) is 1.80. The van der Waals surface area contributed by atoms with Crippen LogP contribution in [0.3, 0.4) is 0 Å². The van der Waals surface area contributed by atoms with Crippen LogP contribution in [0.15, 0.2) is 24.3 Å². The molecule has 1 aromatic carbocycles. The molecule has 0 radical (unpaired) electrons. The Balaban J connectivity index is 2.42. The van der Waals surface area contributed by atoms with Crippen LogP contribution in [0.25, 0.3) is 11.3 Å². The van der Waals surface area contributed by atoms with Crippen LogP contribution in [0.1, 0.15) is 5.69 Å². The first-order chi connectivity index (χ1) is 7.35. The number of hydrogen-bond donors (Lipinski definition) is 0. The molecule has 1 aromatic heterocycles. The maximum Gasteiger partial charge on any atom is 0.182 e. The minimum Gasteiger partial charge on any atom is -0.497 e. The Morgan fingerprint density at radius 1 is 1.27 bits per heavy atom. The fraction of sp³-hybridized carbons (Fsp3) is 0.100. The van der Waals surface area contributed by atoms with Crippen molar-refractivity contribution in [2.45, 2.75) is 0 Å². The summed E-state index contributed by atoms with van der Waals surface area (Å²) in [5, 5.41) is 8.80. The van der Waals surface area contributed by atoms with E-state index in [0.717, 1.165) is 23.0 Å². The maximum atomic E-state index is 8.80. The average molecular weight is 217 g/mol. The zero-order chi connectivity index (χ0) is 10.7. The van der Waals surface area contributed by atoms with Gasteiger partial charge < -0.3 is 4.74 Å². The van der Waals surface area contributed by atoms with Crippen LogP contribution in [0.4, 0.5) is 0 Å². The van der Waals surface area contributed by atoms with Crippen molar-refractivity contribution in [1.82, 2.24) is 8.75 Å². The lowest BCUT2D eigenvalue weighted by Gasteiger charge is -2.00. The van der Waals surface area contributed by atoms with E-state index in [1.807, 2.05) is 30.3 Å². The lowest BCUT2D eigenvalue weighted by molar-refractivity contribution is 0.415. The van der Waals surface area contributed by atoms with Crippen LogP contribution >= 0.6 is 11.7 Å². The molecule has 0 saturated carbocycles. The molecule has 0 amide bonds. The van der Waals surface area contributed by atoms with E-state index >= 15 is 0 Å². The second-order valence-electron chi connectivity index (χ2n) is 2.80. The lowest BCUT2D eigenvalue weighted by atomic mass is 10.1. The first-order valence-electron chi connectivity index (χ1n) is 4.22. The molecule has 0 aliphatic rings. The van der Waals surface area contributed by atoms with Crippen LogP contribution < -0.4 is 4.74 Å². The van der Waals surface area contributed by atoms with E-state index in [-0.39, 0.29) is 0 Å². The first-order valence-corrected chi connectivity index (χ1v) is 4.95. The molecule has 0 atom stereocenters. The van der Waals surface area contributed by atoms with Gasteiger partial charge in [-0.1, -0.05) is 0 Å². The monoisotopic (exact) mass is 217 g/mol. The molecule has 74 valence electrons. The van der Waals surface area contributed by atoms with Gasteiger partial charge in [0.05, 0.1) is 18.8 Å². The number of rotatable bonds is 2. The van der Waals surface area contributed by atoms with Crippen molar-refractivity contribution in [3.05, 3.63) is 30.0 Å². The van der Waals surface area contributed by atoms with Crippen molar-refractivity contribution >= 4 is 11.7 Å². The summed E-state index contributed by atoms with van der Waals surface area (Å²) < 4.78 is 13.0. The molecule has 0 aliphatic carbocycles. The second kappa shape index (κ2) is 4.07. The molecule has 2 rings (SSSR count). The zero-order valence-corrected chi connectivity index (χ0v) is 8.78. The molecule has 0 aliphatic heterocycles. The summed E-state index contributed by atoms with van der Waals surface area (Å²) in [4.78, 5) is 0. The Labute approximate surface area is 91.1 Å². The van der Waals surface area contributed by atoms with Gasteiger partial charge in [-0.15, -0.1) is 0 Å². The summed E-state index contributed by atoms with van der Waals surface area (Å²) in [6.07, 6.45) is 0. The molecular weight excluding hydrogens is 210 g/mol. The summed E-state index contributed by atoms with van der Waals surface area (Å²) >= 11 is 1.04. The van der Waals surface area contributed by atoms with Gasteiger partial charge in [0, 0.05) is 5.56 Å². The molecule has 2 aromatic rings. The van der Waals surface area contributed by atoms with Gasteiger partial charge in [-0.3, -0.25) is 0 Å². The summed E-state index contributed by atoms with van der Waals surface area (Å²) in [5.41, 5.74) is 1.87. The second-order valence-corrected chi connectivity index (χ2v) is 3.33. The van der Waals surface area contributed by atoms with Crippen LogP contribution in [0.5, 0.6) is 5.75 Å². The van der Waals surface area contributed by atoms with Crippen LogP contribution in [0, 0.1) is 11.3 Å². The number of hydrogen-bond acceptors (Lipinski definition) is 5. The summed E-state index contributed by atoms with van der Waals surface area (Å²) in [6.45, 7) is 0. The SMILES string of the molecule is COc1ccc(-c2nsnc2C#N)cc1. The smallest absolute Gasteiger partial charge is 0.182 e. The average Bonchev–Trinajstić information content (AvgIpc) is 2.77. The number of ether oxygens (including phenoxy) is 1. The number of methoxy groups -OCH3 is 1. The molecule has 15 heavy (non-hydrogen) atoms. The first kappa shape index (κ1) is 9.62. The van der Waals surface area contributed by atoms with E-state index in [9.17, 15) is 0 Å². The normalized spacial score (nSPS) is 9.60. The Hall–Kier alpha value is -1.93. The Morgan fingerprint density at radius 2 is 2.00 bits per heavy atom. The van der Waals surface area contributed by atoms with Gasteiger partial charge in [0.25, 0.3) is 0 Å². The van der Waals surface area contributed by atoms with E-state index in [2.05, 4.69) is 8.75 Å². The molecule has 4 nitrogen and oxygen atoms in total. The van der Waals surface area contributed by atoms with E-state index < -0.39 is 0 Å². The third-order valence-electron chi connectivity index (χ3n) is 1.96. The van der Waals surface area contributed by atoms with Crippen molar-refractivity contribution in [3.8, 4) is 23.1 Å². The fourth-order valence-corrected chi connectivity index (χ4v) is 1.72. The standard InChI is InChI=1S/C10H7N3OS/c1-14-8-4-2-7(3-5-8)10-9(6-11)12-15-13-10/h2-5H,1H3. The van der Waals surface area contributed by atoms with Gasteiger partial charge in [0.2, 0.25) is 0 Å². The molecule has 1 heterocycles. The quantitative estimate of drug-likeness (QED) is 0.772. The molecular formula is C10H7N3OS. The summed E-state index contributed by atoms with van der Waals surface area (Å²) in [7, 11) is 1.61. The molecule has 0 saturated heterocycles. The lowest BCUT2D eigenvalue weighted by Crippen LogP contribution is -1.84. The minimum atomic E-state index is 0.366. The highest BCUT2D eigenvalue weighted by molar-refractivity contribution is 6.99. The highest BCUT2D eigenvalue weighted by Crippen LogP contribution is 2.23. The number of nitriles is 1. The topological polar surface area (TPSA) is 58.8 Å². The van der Waals surface area contributed by atoms with Gasteiger partial charge in [0.1, 0.15) is 17.5 Å². The van der Waals surface area contributed by atoms with Gasteiger partial charge in [-0.05, 0) is 24.3 Å². The van der Waals surface area contributed by atoms with Crippen LogP contribution in [0.2, 0.25) is 0 Å². The third-order valence-corrected chi connectivity index (χ3v) is 2.49. The Morgan fingerprint density at radius 3 is 2.60 bits per heavy atom. The van der Waals surface area contributed by atoms with Crippen molar-refractivity contribution in [2.24, 2.45) is 0 Å². The highest BCUT2D eigenvalue weighted by Gasteiger charge is 2.09. The maximum absolute atomic E-state index is 8.80. The van der Waals surface area contributed by atoms with Gasteiger partial charge >= 0.3 is 0 Å². The molecule has 0 N–H and O–H groups in total. The van der Waals surface area contributed by atoms with Crippen LogP contribution in [-0.2, 0) is 0 Å². The molecule has 0 spiro atoms. The van der Waals surface area contributed by atoms with Gasteiger partial charge in [0.15, 0.2) is 5.69 Å².